The Balaban J connectivity index is 2.47. The van der Waals surface area contributed by atoms with Crippen LogP contribution in [0.5, 0.6) is 0 Å². The van der Waals surface area contributed by atoms with Crippen molar-refractivity contribution in [3.63, 3.8) is 0 Å². The van der Waals surface area contributed by atoms with Gasteiger partial charge >= 0.3 is 8.80 Å². The lowest BCUT2D eigenvalue weighted by atomic mass is 9.84. The van der Waals surface area contributed by atoms with Gasteiger partial charge < -0.3 is 13.3 Å². The third-order valence-corrected chi connectivity index (χ3v) is 8.28. The molecular formula is C22H24O3Si. The molecular weight excluding hydrogens is 340 g/mol. The molecule has 0 aromatic heterocycles. The molecule has 3 nitrogen and oxygen atoms in total. The fourth-order valence-electron chi connectivity index (χ4n) is 3.80. The molecule has 0 spiro atoms. The first kappa shape index (κ1) is 18.5. The number of benzene rings is 3. The molecule has 3 rings (SSSR count). The SMILES string of the molecule is CO[Si](OC)(OC)C(c1ccccc1)(c1ccccc1)c1ccccc1. The number of rotatable bonds is 7. The van der Waals surface area contributed by atoms with Crippen LogP contribution in [0.15, 0.2) is 91.0 Å². The van der Waals surface area contributed by atoms with Gasteiger partial charge in [-0.1, -0.05) is 91.0 Å². The van der Waals surface area contributed by atoms with Crippen molar-refractivity contribution in [1.29, 1.82) is 0 Å². The minimum absolute atomic E-state index is 0.685. The molecule has 4 heteroatoms. The summed E-state index contributed by atoms with van der Waals surface area (Å²) in [5.74, 6) is 0. The van der Waals surface area contributed by atoms with E-state index >= 15 is 0 Å². The molecule has 0 saturated heterocycles. The molecule has 0 aliphatic rings. The predicted octanol–water partition coefficient (Wildman–Crippen LogP) is 4.44. The van der Waals surface area contributed by atoms with Gasteiger partial charge in [-0.3, -0.25) is 0 Å². The summed E-state index contributed by atoms with van der Waals surface area (Å²) in [4.78, 5) is 0. The van der Waals surface area contributed by atoms with E-state index in [1.165, 1.54) is 0 Å². The quantitative estimate of drug-likeness (QED) is 0.458. The average molecular weight is 365 g/mol. The summed E-state index contributed by atoms with van der Waals surface area (Å²) in [5.41, 5.74) is 3.24. The first-order valence-electron chi connectivity index (χ1n) is 8.57. The van der Waals surface area contributed by atoms with E-state index in [0.29, 0.717) is 0 Å². The van der Waals surface area contributed by atoms with Crippen LogP contribution >= 0.6 is 0 Å². The second-order valence-corrected chi connectivity index (χ2v) is 9.10. The first-order chi connectivity index (χ1) is 12.7. The zero-order valence-corrected chi connectivity index (χ0v) is 16.4. The molecule has 3 aromatic carbocycles. The van der Waals surface area contributed by atoms with E-state index in [2.05, 4.69) is 36.4 Å². The number of hydrogen-bond acceptors (Lipinski definition) is 3. The van der Waals surface area contributed by atoms with Crippen LogP contribution in [-0.4, -0.2) is 30.1 Å². The standard InChI is InChI=1S/C22H24O3Si/c1-23-26(24-2,25-3)22(19-13-7-4-8-14-19,20-15-9-5-10-16-20)21-17-11-6-12-18-21/h4-18H,1-3H3. The molecule has 0 aliphatic carbocycles. The molecule has 3 aromatic rings. The van der Waals surface area contributed by atoms with Crippen LogP contribution < -0.4 is 0 Å². The first-order valence-corrected chi connectivity index (χ1v) is 10.3. The van der Waals surface area contributed by atoms with Crippen molar-refractivity contribution in [2.24, 2.45) is 0 Å². The van der Waals surface area contributed by atoms with Crippen LogP contribution in [0.1, 0.15) is 16.7 Å². The van der Waals surface area contributed by atoms with Gasteiger partial charge in [0.05, 0.1) is 0 Å². The van der Waals surface area contributed by atoms with E-state index < -0.39 is 13.8 Å². The Morgan fingerprint density at radius 3 is 1.00 bits per heavy atom. The maximum atomic E-state index is 6.06. The topological polar surface area (TPSA) is 27.7 Å². The highest BCUT2D eigenvalue weighted by Crippen LogP contribution is 2.47. The summed E-state index contributed by atoms with van der Waals surface area (Å²) in [6.07, 6.45) is 0. The van der Waals surface area contributed by atoms with E-state index in [1.807, 2.05) is 54.6 Å². The van der Waals surface area contributed by atoms with E-state index in [-0.39, 0.29) is 0 Å². The Kier molecular flexibility index (Phi) is 5.69. The Morgan fingerprint density at radius 2 is 0.769 bits per heavy atom. The highest BCUT2D eigenvalue weighted by molar-refractivity contribution is 6.66. The third-order valence-electron chi connectivity index (χ3n) is 4.89. The normalized spacial score (nSPS) is 12.1. The minimum atomic E-state index is -3.22. The molecule has 0 saturated carbocycles. The Labute approximate surface area is 156 Å². The van der Waals surface area contributed by atoms with Gasteiger partial charge in [0.2, 0.25) is 0 Å². The molecule has 0 amide bonds. The van der Waals surface area contributed by atoms with Gasteiger partial charge in [-0.05, 0) is 16.7 Å². The van der Waals surface area contributed by atoms with E-state index in [9.17, 15) is 0 Å². The van der Waals surface area contributed by atoms with Crippen molar-refractivity contribution < 1.29 is 13.3 Å². The van der Waals surface area contributed by atoms with Crippen LogP contribution in [0.2, 0.25) is 0 Å². The lowest BCUT2D eigenvalue weighted by Crippen LogP contribution is -2.62. The molecule has 0 fully saturated rings. The lowest BCUT2D eigenvalue weighted by Gasteiger charge is -2.45. The Bertz CT molecular complexity index is 698. The maximum Gasteiger partial charge on any atom is 0.520 e. The van der Waals surface area contributed by atoms with Crippen molar-refractivity contribution >= 4 is 8.80 Å². The molecule has 0 N–H and O–H groups in total. The second-order valence-electron chi connectivity index (χ2n) is 6.02. The molecule has 0 unspecified atom stereocenters. The predicted molar refractivity (Wildman–Crippen MR) is 106 cm³/mol. The number of hydrogen-bond donors (Lipinski definition) is 0. The highest BCUT2D eigenvalue weighted by Gasteiger charge is 2.62. The van der Waals surface area contributed by atoms with Crippen LogP contribution in [0, 0.1) is 0 Å². The van der Waals surface area contributed by atoms with Gasteiger partial charge in [0, 0.05) is 21.3 Å². The molecule has 0 atom stereocenters. The largest absolute Gasteiger partial charge is 0.520 e. The van der Waals surface area contributed by atoms with Gasteiger partial charge in [-0.25, -0.2) is 0 Å². The molecule has 0 radical (unpaired) electrons. The summed E-state index contributed by atoms with van der Waals surface area (Å²) in [7, 11) is 1.79. The van der Waals surface area contributed by atoms with Gasteiger partial charge in [0.15, 0.2) is 0 Å². The van der Waals surface area contributed by atoms with E-state index in [1.54, 1.807) is 21.3 Å². The lowest BCUT2D eigenvalue weighted by molar-refractivity contribution is 0.105. The fraction of sp³-hybridized carbons (Fsp3) is 0.182. The second kappa shape index (κ2) is 7.97. The molecule has 26 heavy (non-hydrogen) atoms. The molecule has 0 heterocycles. The fourth-order valence-corrected chi connectivity index (χ4v) is 6.78. The van der Waals surface area contributed by atoms with Crippen LogP contribution in [0.4, 0.5) is 0 Å². The highest BCUT2D eigenvalue weighted by atomic mass is 28.4. The zero-order chi connectivity index (χ0) is 18.5. The summed E-state index contributed by atoms with van der Waals surface area (Å²) in [6.45, 7) is 0. The average Bonchev–Trinajstić information content (AvgIpc) is 2.74. The van der Waals surface area contributed by atoms with Gasteiger partial charge in [-0.15, -0.1) is 0 Å². The van der Waals surface area contributed by atoms with Gasteiger partial charge in [0.25, 0.3) is 0 Å². The molecule has 134 valence electrons. The molecule has 0 aliphatic heterocycles. The van der Waals surface area contributed by atoms with Crippen LogP contribution in [-0.2, 0) is 18.3 Å². The van der Waals surface area contributed by atoms with Gasteiger partial charge in [0.1, 0.15) is 5.04 Å². The Hall–Kier alpha value is -2.24. The monoisotopic (exact) mass is 364 g/mol. The summed E-state index contributed by atoms with van der Waals surface area (Å²) in [6, 6.07) is 30.9. The third kappa shape index (κ3) is 2.81. The Morgan fingerprint density at radius 1 is 0.500 bits per heavy atom. The van der Waals surface area contributed by atoms with E-state index in [0.717, 1.165) is 16.7 Å². The maximum absolute atomic E-state index is 6.06. The molecule has 0 bridgehead atoms. The van der Waals surface area contributed by atoms with Crippen LogP contribution in [0.3, 0.4) is 0 Å². The zero-order valence-electron chi connectivity index (χ0n) is 15.4. The van der Waals surface area contributed by atoms with Crippen molar-refractivity contribution in [1.82, 2.24) is 0 Å². The van der Waals surface area contributed by atoms with Crippen molar-refractivity contribution in [2.75, 3.05) is 21.3 Å². The summed E-state index contributed by atoms with van der Waals surface area (Å²) >= 11 is 0. The summed E-state index contributed by atoms with van der Waals surface area (Å²) < 4.78 is 18.2. The smallest absolute Gasteiger partial charge is 0.376 e. The van der Waals surface area contributed by atoms with Crippen molar-refractivity contribution in [3.05, 3.63) is 108 Å². The van der Waals surface area contributed by atoms with Crippen molar-refractivity contribution in [3.8, 4) is 0 Å². The van der Waals surface area contributed by atoms with Crippen LogP contribution in [0.25, 0.3) is 0 Å². The summed E-state index contributed by atoms with van der Waals surface area (Å²) in [5, 5.41) is -0.685. The van der Waals surface area contributed by atoms with Gasteiger partial charge in [-0.2, -0.15) is 0 Å². The van der Waals surface area contributed by atoms with Crippen molar-refractivity contribution in [2.45, 2.75) is 5.04 Å². The van der Waals surface area contributed by atoms with E-state index in [4.69, 9.17) is 13.3 Å². The minimum Gasteiger partial charge on any atom is -0.376 e.